The first-order valence-electron chi connectivity index (χ1n) is 6.31. The van der Waals surface area contributed by atoms with Gasteiger partial charge in [0, 0.05) is 24.7 Å². The number of morpholine rings is 1. The van der Waals surface area contributed by atoms with Crippen molar-refractivity contribution in [1.29, 1.82) is 0 Å². The Labute approximate surface area is 100 Å². The van der Waals surface area contributed by atoms with Crippen molar-refractivity contribution in [3.63, 3.8) is 0 Å². The molecule has 0 saturated carbocycles. The number of ether oxygens (including phenoxy) is 1. The Balaban J connectivity index is 2.70. The predicted octanol–water partition coefficient (Wildman–Crippen LogP) is 1.86. The van der Waals surface area contributed by atoms with Gasteiger partial charge in [0.2, 0.25) is 0 Å². The predicted molar refractivity (Wildman–Crippen MR) is 68.5 cm³/mol. The Morgan fingerprint density at radius 2 is 2.00 bits per heavy atom. The number of nitrogens with two attached hydrogens (primary N) is 1. The summed E-state index contributed by atoms with van der Waals surface area (Å²) in [6.45, 7) is 14.7. The molecule has 0 amide bonds. The summed E-state index contributed by atoms with van der Waals surface area (Å²) in [6.07, 6.45) is 1.15. The van der Waals surface area contributed by atoms with Crippen LogP contribution in [-0.4, -0.2) is 42.8 Å². The fraction of sp³-hybridized carbons (Fsp3) is 1.00. The average molecular weight is 228 g/mol. The molecule has 1 aliphatic heterocycles. The minimum absolute atomic E-state index is 0.119. The summed E-state index contributed by atoms with van der Waals surface area (Å²) in [5.41, 5.74) is 6.40. The fourth-order valence-corrected chi connectivity index (χ4v) is 2.57. The summed E-state index contributed by atoms with van der Waals surface area (Å²) in [7, 11) is 0. The summed E-state index contributed by atoms with van der Waals surface area (Å²) in [6, 6.07) is 0.471. The van der Waals surface area contributed by atoms with Crippen molar-refractivity contribution in [1.82, 2.24) is 4.90 Å². The molecule has 0 spiro atoms. The second-order valence-electron chi connectivity index (χ2n) is 6.71. The number of rotatable bonds is 3. The molecule has 1 rings (SSSR count). The van der Waals surface area contributed by atoms with Crippen LogP contribution in [0.5, 0.6) is 0 Å². The molecule has 16 heavy (non-hydrogen) atoms. The third-order valence-corrected chi connectivity index (χ3v) is 3.27. The third kappa shape index (κ3) is 3.72. The molecule has 1 heterocycles. The molecule has 0 radical (unpaired) electrons. The lowest BCUT2D eigenvalue weighted by Gasteiger charge is -2.47. The van der Waals surface area contributed by atoms with Crippen molar-refractivity contribution in [2.75, 3.05) is 26.3 Å². The number of hydrogen-bond donors (Lipinski definition) is 1. The van der Waals surface area contributed by atoms with Gasteiger partial charge in [-0.25, -0.2) is 0 Å². The van der Waals surface area contributed by atoms with Crippen LogP contribution in [0.4, 0.5) is 0 Å². The van der Waals surface area contributed by atoms with Gasteiger partial charge >= 0.3 is 0 Å². The molecular formula is C13H28N2O. The van der Waals surface area contributed by atoms with E-state index < -0.39 is 0 Å². The van der Waals surface area contributed by atoms with Gasteiger partial charge in [-0.05, 0) is 25.7 Å². The van der Waals surface area contributed by atoms with Gasteiger partial charge in [-0.3, -0.25) is 4.90 Å². The second kappa shape index (κ2) is 5.03. The molecule has 0 bridgehead atoms. The van der Waals surface area contributed by atoms with E-state index in [0.29, 0.717) is 11.5 Å². The lowest BCUT2D eigenvalue weighted by Crippen LogP contribution is -2.59. The van der Waals surface area contributed by atoms with E-state index in [9.17, 15) is 0 Å². The minimum Gasteiger partial charge on any atom is -0.378 e. The second-order valence-corrected chi connectivity index (χ2v) is 6.71. The molecule has 96 valence electrons. The smallest absolute Gasteiger partial charge is 0.0645 e. The van der Waals surface area contributed by atoms with Crippen LogP contribution in [0, 0.1) is 5.41 Å². The quantitative estimate of drug-likeness (QED) is 0.801. The maximum absolute atomic E-state index is 5.95. The molecule has 1 saturated heterocycles. The molecule has 1 atom stereocenters. The molecular weight excluding hydrogens is 200 g/mol. The van der Waals surface area contributed by atoms with Gasteiger partial charge in [0.25, 0.3) is 0 Å². The van der Waals surface area contributed by atoms with Crippen molar-refractivity contribution >= 4 is 0 Å². The van der Waals surface area contributed by atoms with E-state index in [2.05, 4.69) is 39.5 Å². The molecule has 0 aliphatic carbocycles. The van der Waals surface area contributed by atoms with Gasteiger partial charge in [0.1, 0.15) is 0 Å². The van der Waals surface area contributed by atoms with E-state index in [-0.39, 0.29) is 5.54 Å². The Hall–Kier alpha value is -0.120. The van der Waals surface area contributed by atoms with E-state index in [4.69, 9.17) is 10.5 Å². The van der Waals surface area contributed by atoms with Crippen molar-refractivity contribution in [3.05, 3.63) is 0 Å². The first-order chi connectivity index (χ1) is 7.26. The topological polar surface area (TPSA) is 38.5 Å². The normalized spacial score (nSPS) is 24.4. The first-order valence-corrected chi connectivity index (χ1v) is 6.31. The standard InChI is InChI=1S/C13H28N2O/c1-12(2,3)8-11(9-14)15-6-7-16-10-13(15,4)5/h11H,6-10,14H2,1-5H3. The molecule has 0 aromatic rings. The molecule has 3 heteroatoms. The maximum Gasteiger partial charge on any atom is 0.0645 e. The zero-order valence-corrected chi connectivity index (χ0v) is 11.5. The molecule has 1 fully saturated rings. The van der Waals surface area contributed by atoms with Crippen LogP contribution in [0.1, 0.15) is 41.0 Å². The largest absolute Gasteiger partial charge is 0.378 e. The molecule has 2 N–H and O–H groups in total. The number of nitrogens with zero attached hydrogens (tertiary/aromatic N) is 1. The minimum atomic E-state index is 0.119. The lowest BCUT2D eigenvalue weighted by molar-refractivity contribution is -0.0761. The SMILES string of the molecule is CC(C)(C)CC(CN)N1CCOCC1(C)C. The summed E-state index contributed by atoms with van der Waals surface area (Å²) in [5.74, 6) is 0. The van der Waals surface area contributed by atoms with E-state index in [1.807, 2.05) is 0 Å². The lowest BCUT2D eigenvalue weighted by atomic mass is 9.85. The Morgan fingerprint density at radius 1 is 1.38 bits per heavy atom. The van der Waals surface area contributed by atoms with Gasteiger partial charge in [0.05, 0.1) is 13.2 Å². The highest BCUT2D eigenvalue weighted by Crippen LogP contribution is 2.28. The van der Waals surface area contributed by atoms with E-state index in [1.54, 1.807) is 0 Å². The van der Waals surface area contributed by atoms with E-state index >= 15 is 0 Å². The van der Waals surface area contributed by atoms with Crippen LogP contribution in [0.2, 0.25) is 0 Å². The molecule has 1 aliphatic rings. The van der Waals surface area contributed by atoms with Gasteiger partial charge in [-0.1, -0.05) is 20.8 Å². The Bertz CT molecular complexity index is 220. The average Bonchev–Trinajstić information content (AvgIpc) is 2.12. The third-order valence-electron chi connectivity index (χ3n) is 3.27. The molecule has 3 nitrogen and oxygen atoms in total. The van der Waals surface area contributed by atoms with Crippen molar-refractivity contribution in [3.8, 4) is 0 Å². The molecule has 0 aromatic carbocycles. The fourth-order valence-electron chi connectivity index (χ4n) is 2.57. The highest BCUT2D eigenvalue weighted by atomic mass is 16.5. The van der Waals surface area contributed by atoms with Crippen LogP contribution in [-0.2, 0) is 4.74 Å². The summed E-state index contributed by atoms with van der Waals surface area (Å²) in [5, 5.41) is 0. The van der Waals surface area contributed by atoms with Crippen molar-refractivity contribution < 1.29 is 4.74 Å². The van der Waals surface area contributed by atoms with Crippen molar-refractivity contribution in [2.45, 2.75) is 52.6 Å². The van der Waals surface area contributed by atoms with Crippen molar-refractivity contribution in [2.24, 2.45) is 11.1 Å². The summed E-state index contributed by atoms with van der Waals surface area (Å²) < 4.78 is 5.56. The van der Waals surface area contributed by atoms with Gasteiger partial charge in [-0.15, -0.1) is 0 Å². The zero-order valence-electron chi connectivity index (χ0n) is 11.5. The van der Waals surface area contributed by atoms with Crippen LogP contribution < -0.4 is 5.73 Å². The van der Waals surface area contributed by atoms with Crippen LogP contribution in [0.15, 0.2) is 0 Å². The van der Waals surface area contributed by atoms with E-state index in [0.717, 1.165) is 32.7 Å². The highest BCUT2D eigenvalue weighted by Gasteiger charge is 2.36. The number of hydrogen-bond acceptors (Lipinski definition) is 3. The van der Waals surface area contributed by atoms with Gasteiger partial charge in [-0.2, -0.15) is 0 Å². The van der Waals surface area contributed by atoms with Crippen LogP contribution in [0.25, 0.3) is 0 Å². The highest BCUT2D eigenvalue weighted by molar-refractivity contribution is 4.91. The maximum atomic E-state index is 5.95. The summed E-state index contributed by atoms with van der Waals surface area (Å²) >= 11 is 0. The van der Waals surface area contributed by atoms with Gasteiger partial charge < -0.3 is 10.5 Å². The van der Waals surface area contributed by atoms with Crippen LogP contribution in [0.3, 0.4) is 0 Å². The Kier molecular flexibility index (Phi) is 4.38. The first kappa shape index (κ1) is 13.9. The van der Waals surface area contributed by atoms with E-state index in [1.165, 1.54) is 0 Å². The van der Waals surface area contributed by atoms with Gasteiger partial charge in [0.15, 0.2) is 0 Å². The van der Waals surface area contributed by atoms with Crippen LogP contribution >= 0.6 is 0 Å². The molecule has 1 unspecified atom stereocenters. The monoisotopic (exact) mass is 228 g/mol. The zero-order chi connectivity index (χ0) is 12.4. The summed E-state index contributed by atoms with van der Waals surface area (Å²) in [4.78, 5) is 2.53. The molecule has 0 aromatic heterocycles. The Morgan fingerprint density at radius 3 is 2.44 bits per heavy atom.